The number of nitrogens with one attached hydrogen (secondary N) is 1. The van der Waals surface area contributed by atoms with Crippen molar-refractivity contribution in [2.24, 2.45) is 67.5 Å². The van der Waals surface area contributed by atoms with Crippen LogP contribution in [0.5, 0.6) is 0 Å². The zero-order chi connectivity index (χ0) is 40.6. The molecule has 57 heavy (non-hydrogen) atoms. The molecule has 6 aliphatic carbocycles. The molecule has 0 spiro atoms. The number of carboxylic acids is 1. The Balaban J connectivity index is 0.993. The van der Waals surface area contributed by atoms with Crippen LogP contribution in [0.2, 0.25) is 0 Å². The molecule has 9 rings (SSSR count). The number of thiophene rings is 1. The molecule has 0 radical (unpaired) electrons. The molecule has 11 atom stereocenters. The van der Waals surface area contributed by atoms with E-state index in [0.717, 1.165) is 69.4 Å². The largest absolute Gasteiger partial charge is 0.481 e. The lowest BCUT2D eigenvalue weighted by molar-refractivity contribution is -0.251. The first kappa shape index (κ1) is 39.8. The van der Waals surface area contributed by atoms with E-state index in [-0.39, 0.29) is 51.6 Å². The fourth-order valence-corrected chi connectivity index (χ4v) is 16.5. The van der Waals surface area contributed by atoms with Crippen molar-refractivity contribution in [2.45, 2.75) is 164 Å². The minimum atomic E-state index is -1.15. The number of amides is 1. The molecule has 312 valence electrons. The number of aliphatic carboxylic acids is 1. The van der Waals surface area contributed by atoms with Gasteiger partial charge >= 0.3 is 11.9 Å². The maximum absolute atomic E-state index is 15.6. The fraction of sp³-hybridized carbons (Fsp3) is 0.792. The number of aromatic nitrogens is 2. The number of esters is 1. The molecule has 7 fully saturated rings. The van der Waals surface area contributed by atoms with Gasteiger partial charge in [0.05, 0.1) is 40.1 Å². The Morgan fingerprint density at radius 1 is 0.895 bits per heavy atom. The number of likely N-dealkylation sites (tertiary alicyclic amines) is 1. The molecule has 8 nitrogen and oxygen atoms in total. The summed E-state index contributed by atoms with van der Waals surface area (Å²) in [5, 5.41) is 11.8. The summed E-state index contributed by atoms with van der Waals surface area (Å²) in [6, 6.07) is 4.24. The van der Waals surface area contributed by atoms with Gasteiger partial charge in [-0.2, -0.15) is 0 Å². The van der Waals surface area contributed by atoms with Crippen LogP contribution in [0, 0.1) is 67.5 Å². The van der Waals surface area contributed by atoms with Crippen molar-refractivity contribution >= 4 is 29.2 Å². The second-order valence-electron chi connectivity index (χ2n) is 22.7. The first-order valence-corrected chi connectivity index (χ1v) is 23.5. The Bertz CT molecular complexity index is 1910. The second kappa shape index (κ2) is 13.2. The molecule has 2 aromatic rings. The highest BCUT2D eigenvalue weighted by molar-refractivity contribution is 7.13. The highest BCUT2D eigenvalue weighted by Gasteiger charge is 2.74. The Labute approximate surface area is 345 Å². The third-order valence-corrected chi connectivity index (χ3v) is 20.3. The van der Waals surface area contributed by atoms with Crippen molar-refractivity contribution < 1.29 is 24.2 Å². The van der Waals surface area contributed by atoms with Crippen molar-refractivity contribution in [3.05, 3.63) is 29.5 Å². The van der Waals surface area contributed by atoms with Crippen molar-refractivity contribution in [2.75, 3.05) is 6.54 Å². The Hall–Kier alpha value is -2.68. The Morgan fingerprint density at radius 2 is 1.67 bits per heavy atom. The van der Waals surface area contributed by atoms with Crippen LogP contribution in [-0.4, -0.2) is 50.5 Å². The van der Waals surface area contributed by atoms with Gasteiger partial charge < -0.3 is 19.7 Å². The van der Waals surface area contributed by atoms with Crippen LogP contribution in [0.25, 0.3) is 10.6 Å². The molecule has 6 saturated carbocycles. The molecule has 0 aromatic carbocycles. The predicted molar refractivity (Wildman–Crippen MR) is 223 cm³/mol. The summed E-state index contributed by atoms with van der Waals surface area (Å²) in [7, 11) is 0. The van der Waals surface area contributed by atoms with Gasteiger partial charge in [0.25, 0.3) is 0 Å². The lowest BCUT2D eigenvalue weighted by atomic mass is 9.32. The van der Waals surface area contributed by atoms with Crippen LogP contribution in [0.3, 0.4) is 0 Å². The van der Waals surface area contributed by atoms with Gasteiger partial charge in [-0.05, 0) is 166 Å². The second-order valence-corrected chi connectivity index (χ2v) is 23.6. The summed E-state index contributed by atoms with van der Waals surface area (Å²) in [5.41, 5.74) is 0.242. The minimum Gasteiger partial charge on any atom is -0.481 e. The molecule has 3 heterocycles. The lowest BCUT2D eigenvalue weighted by Crippen LogP contribution is -2.67. The van der Waals surface area contributed by atoms with E-state index < -0.39 is 11.4 Å². The molecule has 0 bridgehead atoms. The first-order chi connectivity index (χ1) is 26.8. The zero-order valence-electron chi connectivity index (χ0n) is 36.0. The van der Waals surface area contributed by atoms with E-state index in [0.29, 0.717) is 40.9 Å². The number of H-pyrrole nitrogens is 1. The summed E-state index contributed by atoms with van der Waals surface area (Å²) >= 11 is 1.72. The number of carbonyl (C=O) groups excluding carboxylic acids is 2. The zero-order valence-corrected chi connectivity index (χ0v) is 36.9. The number of carboxylic acid groups (broad SMARTS) is 1. The SMILES string of the molecule is CC(C)(CC(=O)O[C@H]1CC[C@]2(C)[C@H]3CC[C@@H]4[C@H]5[C@H](C6(C)CC6)CC[C@]5(C(=O)N5CCC[C@H]5c5ncc(-c6cccs6)[nH]5)CC[C@@]4(C)[C@]3(C)CC[C@H]2C1(C)C)C(=O)O. The van der Waals surface area contributed by atoms with Gasteiger partial charge in [0.15, 0.2) is 0 Å². The van der Waals surface area contributed by atoms with Crippen LogP contribution in [0.15, 0.2) is 23.7 Å². The quantitative estimate of drug-likeness (QED) is 0.257. The molecule has 0 unspecified atom stereocenters. The summed E-state index contributed by atoms with van der Waals surface area (Å²) in [6.07, 6.45) is 17.2. The third-order valence-electron chi connectivity index (χ3n) is 19.4. The summed E-state index contributed by atoms with van der Waals surface area (Å²) in [5.74, 6) is 2.63. The van der Waals surface area contributed by atoms with Gasteiger partial charge in [-0.3, -0.25) is 14.4 Å². The number of hydrogen-bond acceptors (Lipinski definition) is 6. The Morgan fingerprint density at radius 3 is 2.37 bits per heavy atom. The Kier molecular flexibility index (Phi) is 9.18. The van der Waals surface area contributed by atoms with Gasteiger partial charge in [0.1, 0.15) is 11.9 Å². The smallest absolute Gasteiger partial charge is 0.309 e. The maximum atomic E-state index is 15.6. The van der Waals surface area contributed by atoms with Crippen molar-refractivity contribution in [3.8, 4) is 10.6 Å². The van der Waals surface area contributed by atoms with Crippen LogP contribution < -0.4 is 0 Å². The molecule has 2 N–H and O–H groups in total. The number of fused-ring (bicyclic) bond motifs is 7. The van der Waals surface area contributed by atoms with E-state index in [1.807, 2.05) is 6.20 Å². The van der Waals surface area contributed by atoms with E-state index in [1.165, 1.54) is 43.4 Å². The number of rotatable bonds is 8. The number of hydrogen-bond donors (Lipinski definition) is 2. The number of ether oxygens (including phenoxy) is 1. The van der Waals surface area contributed by atoms with E-state index in [1.54, 1.807) is 25.2 Å². The predicted octanol–water partition coefficient (Wildman–Crippen LogP) is 11.1. The van der Waals surface area contributed by atoms with Gasteiger partial charge in [-0.15, -0.1) is 11.3 Å². The monoisotopic (exact) mass is 799 g/mol. The molecule has 7 aliphatic rings. The lowest BCUT2D eigenvalue weighted by Gasteiger charge is -2.73. The molecule has 1 saturated heterocycles. The normalized spacial score (nSPS) is 41.7. The summed E-state index contributed by atoms with van der Waals surface area (Å²) in [6.45, 7) is 19.2. The molecule has 2 aromatic heterocycles. The van der Waals surface area contributed by atoms with Gasteiger partial charge in [-0.1, -0.05) is 47.6 Å². The number of aromatic amines is 1. The average molecular weight is 800 g/mol. The van der Waals surface area contributed by atoms with Crippen LogP contribution in [-0.2, 0) is 19.1 Å². The molecule has 1 amide bonds. The fourth-order valence-electron chi connectivity index (χ4n) is 15.8. The average Bonchev–Trinajstić information content (AvgIpc) is 3.74. The maximum Gasteiger partial charge on any atom is 0.309 e. The molecular formula is C48H69N3O5S. The van der Waals surface area contributed by atoms with Crippen molar-refractivity contribution in [1.29, 1.82) is 0 Å². The number of carbonyl (C=O) groups is 3. The van der Waals surface area contributed by atoms with E-state index in [4.69, 9.17) is 9.72 Å². The molecular weight excluding hydrogens is 731 g/mol. The van der Waals surface area contributed by atoms with Crippen LogP contribution in [0.4, 0.5) is 0 Å². The van der Waals surface area contributed by atoms with Crippen molar-refractivity contribution in [1.82, 2.24) is 14.9 Å². The van der Waals surface area contributed by atoms with E-state index in [2.05, 4.69) is 68.9 Å². The molecule has 9 heteroatoms. The highest BCUT2D eigenvalue weighted by Crippen LogP contribution is 2.79. The topological polar surface area (TPSA) is 113 Å². The van der Waals surface area contributed by atoms with Gasteiger partial charge in [0, 0.05) is 12.0 Å². The van der Waals surface area contributed by atoms with Gasteiger partial charge in [0.2, 0.25) is 5.91 Å². The van der Waals surface area contributed by atoms with Crippen LogP contribution in [0.1, 0.15) is 164 Å². The van der Waals surface area contributed by atoms with Gasteiger partial charge in [-0.25, -0.2) is 4.98 Å². The first-order valence-electron chi connectivity index (χ1n) is 22.6. The number of imidazole rings is 1. The van der Waals surface area contributed by atoms with Crippen molar-refractivity contribution in [3.63, 3.8) is 0 Å². The number of nitrogens with zero attached hydrogens (tertiary/aromatic N) is 2. The summed E-state index contributed by atoms with van der Waals surface area (Å²) < 4.78 is 6.24. The van der Waals surface area contributed by atoms with E-state index >= 15 is 4.79 Å². The standard InChI is InChI=1S/C48H69N3O5S/c1-42(2,41(54)55)27-37(52)56-36-17-18-45(6)34(43(36,3)4)16-19-47(8)35(45)14-13-30-38-29(44(5)21-22-44)15-20-48(38,24-23-46(30,47)7)40(53)51-25-9-11-32(51)39-49-28-31(50-39)33-12-10-26-57-33/h10,12,26,28-30,32,34-36,38H,9,11,13-25,27H2,1-8H3,(H,49,50)(H,54,55)/t29-,30-,32+,34+,35-,36+,38-,45+,46-,47-,48+/m1/s1. The third kappa shape index (κ3) is 5.75. The molecule has 1 aliphatic heterocycles. The van der Waals surface area contributed by atoms with Crippen LogP contribution >= 0.6 is 11.3 Å². The van der Waals surface area contributed by atoms with E-state index in [9.17, 15) is 14.7 Å². The summed E-state index contributed by atoms with van der Waals surface area (Å²) in [4.78, 5) is 52.7. The minimum absolute atomic E-state index is 0.0232. The highest BCUT2D eigenvalue weighted by atomic mass is 32.1.